The molecule has 2 aromatic heterocycles. The summed E-state index contributed by atoms with van der Waals surface area (Å²) in [4.78, 5) is 8.91. The molecular weight excluding hydrogens is 218 g/mol. The van der Waals surface area contributed by atoms with Gasteiger partial charge in [-0.1, -0.05) is 0 Å². The maximum absolute atomic E-state index is 6.04. The van der Waals surface area contributed by atoms with Gasteiger partial charge < -0.3 is 10.7 Å². The van der Waals surface area contributed by atoms with E-state index in [1.54, 1.807) is 11.3 Å². The highest BCUT2D eigenvalue weighted by Crippen LogP contribution is 2.29. The summed E-state index contributed by atoms with van der Waals surface area (Å²) in [6.45, 7) is 6.14. The lowest BCUT2D eigenvalue weighted by atomic mass is 10.0. The smallest absolute Gasteiger partial charge is 0.125 e. The molecular formula is C12H17N3S. The van der Waals surface area contributed by atoms with E-state index >= 15 is 0 Å². The van der Waals surface area contributed by atoms with E-state index in [1.807, 2.05) is 39.2 Å². The third-order valence-electron chi connectivity index (χ3n) is 2.35. The van der Waals surface area contributed by atoms with Gasteiger partial charge in [0.1, 0.15) is 5.01 Å². The van der Waals surface area contributed by atoms with Gasteiger partial charge in [-0.05, 0) is 26.8 Å². The zero-order valence-electron chi connectivity index (χ0n) is 9.87. The maximum Gasteiger partial charge on any atom is 0.125 e. The van der Waals surface area contributed by atoms with Crippen LogP contribution in [0.4, 0.5) is 0 Å². The Balaban J connectivity index is 2.29. The standard InChI is InChI=1S/C12H17N3S/c1-8-10(6-12(2,3)13)16-11(15-8)9-4-5-14-7-9/h4-5,7,14H,6,13H2,1-3H3. The summed E-state index contributed by atoms with van der Waals surface area (Å²) in [6.07, 6.45) is 4.76. The Hall–Kier alpha value is -1.13. The molecule has 0 radical (unpaired) electrons. The van der Waals surface area contributed by atoms with Crippen molar-refractivity contribution in [3.63, 3.8) is 0 Å². The van der Waals surface area contributed by atoms with Crippen LogP contribution in [0.1, 0.15) is 24.4 Å². The molecule has 0 fully saturated rings. The van der Waals surface area contributed by atoms with E-state index in [-0.39, 0.29) is 5.54 Å². The Morgan fingerprint density at radius 2 is 2.25 bits per heavy atom. The lowest BCUT2D eigenvalue weighted by Crippen LogP contribution is -2.34. The molecule has 0 amide bonds. The van der Waals surface area contributed by atoms with Crippen LogP contribution in [0.3, 0.4) is 0 Å². The molecule has 0 atom stereocenters. The zero-order valence-corrected chi connectivity index (χ0v) is 10.7. The first-order valence-corrected chi connectivity index (χ1v) is 6.16. The van der Waals surface area contributed by atoms with Crippen molar-refractivity contribution in [1.82, 2.24) is 9.97 Å². The molecule has 0 aliphatic heterocycles. The summed E-state index contributed by atoms with van der Waals surface area (Å²) in [5, 5.41) is 1.07. The molecule has 0 spiro atoms. The van der Waals surface area contributed by atoms with Crippen LogP contribution in [0.2, 0.25) is 0 Å². The molecule has 2 aromatic rings. The Bertz CT molecular complexity index is 463. The molecule has 0 bridgehead atoms. The van der Waals surface area contributed by atoms with Crippen molar-refractivity contribution >= 4 is 11.3 Å². The number of nitrogens with one attached hydrogen (secondary N) is 1. The molecule has 4 heteroatoms. The molecule has 0 unspecified atom stereocenters. The number of nitrogens with zero attached hydrogens (tertiary/aromatic N) is 1. The molecule has 3 N–H and O–H groups in total. The summed E-state index contributed by atoms with van der Waals surface area (Å²) in [5.74, 6) is 0. The number of aromatic amines is 1. The Morgan fingerprint density at radius 1 is 1.50 bits per heavy atom. The number of hydrogen-bond donors (Lipinski definition) is 2. The molecule has 16 heavy (non-hydrogen) atoms. The molecule has 86 valence electrons. The molecule has 3 nitrogen and oxygen atoms in total. The third-order valence-corrected chi connectivity index (χ3v) is 3.56. The van der Waals surface area contributed by atoms with E-state index in [9.17, 15) is 0 Å². The van der Waals surface area contributed by atoms with Crippen molar-refractivity contribution in [2.45, 2.75) is 32.7 Å². The second-order valence-corrected chi connectivity index (χ2v) is 5.88. The van der Waals surface area contributed by atoms with E-state index in [0.29, 0.717) is 0 Å². The highest BCUT2D eigenvalue weighted by molar-refractivity contribution is 7.15. The fraction of sp³-hybridized carbons (Fsp3) is 0.417. The van der Waals surface area contributed by atoms with Crippen molar-refractivity contribution in [3.8, 4) is 10.6 Å². The molecule has 0 aliphatic rings. The lowest BCUT2D eigenvalue weighted by Gasteiger charge is -2.16. The molecule has 2 heterocycles. The van der Waals surface area contributed by atoms with Gasteiger partial charge in [0.2, 0.25) is 0 Å². The maximum atomic E-state index is 6.04. The zero-order chi connectivity index (χ0) is 11.8. The van der Waals surface area contributed by atoms with Crippen LogP contribution in [0, 0.1) is 6.92 Å². The van der Waals surface area contributed by atoms with Gasteiger partial charge >= 0.3 is 0 Å². The van der Waals surface area contributed by atoms with Gasteiger partial charge in [0.25, 0.3) is 0 Å². The second-order valence-electron chi connectivity index (χ2n) is 4.79. The van der Waals surface area contributed by atoms with Crippen molar-refractivity contribution in [3.05, 3.63) is 29.0 Å². The number of nitrogens with two attached hydrogens (primary N) is 1. The summed E-state index contributed by atoms with van der Waals surface area (Å²) >= 11 is 1.73. The average molecular weight is 235 g/mol. The molecule has 2 rings (SSSR count). The number of thiazole rings is 1. The van der Waals surface area contributed by atoms with Gasteiger partial charge in [-0.25, -0.2) is 4.98 Å². The van der Waals surface area contributed by atoms with Crippen LogP contribution in [0.25, 0.3) is 10.6 Å². The van der Waals surface area contributed by atoms with Gasteiger partial charge in [0.05, 0.1) is 5.69 Å². The highest BCUT2D eigenvalue weighted by atomic mass is 32.1. The fourth-order valence-corrected chi connectivity index (χ4v) is 2.88. The average Bonchev–Trinajstić information content (AvgIpc) is 2.73. The van der Waals surface area contributed by atoms with Crippen molar-refractivity contribution in [2.75, 3.05) is 0 Å². The molecule has 0 aromatic carbocycles. The van der Waals surface area contributed by atoms with E-state index < -0.39 is 0 Å². The number of H-pyrrole nitrogens is 1. The predicted octanol–water partition coefficient (Wildman–Crippen LogP) is 2.73. The van der Waals surface area contributed by atoms with Crippen LogP contribution in [0.15, 0.2) is 18.5 Å². The minimum Gasteiger partial charge on any atom is -0.367 e. The van der Waals surface area contributed by atoms with E-state index in [4.69, 9.17) is 5.73 Å². The minimum atomic E-state index is -0.174. The van der Waals surface area contributed by atoms with Gasteiger partial charge in [0, 0.05) is 34.8 Å². The largest absolute Gasteiger partial charge is 0.367 e. The first-order valence-electron chi connectivity index (χ1n) is 5.34. The quantitative estimate of drug-likeness (QED) is 0.859. The molecule has 0 aliphatic carbocycles. The predicted molar refractivity (Wildman–Crippen MR) is 68.6 cm³/mol. The summed E-state index contributed by atoms with van der Waals surface area (Å²) in [7, 11) is 0. The molecule has 0 saturated heterocycles. The Kier molecular flexibility index (Phi) is 2.86. The van der Waals surface area contributed by atoms with Gasteiger partial charge in [-0.2, -0.15) is 0 Å². The van der Waals surface area contributed by atoms with Crippen LogP contribution in [-0.2, 0) is 6.42 Å². The lowest BCUT2D eigenvalue weighted by molar-refractivity contribution is 0.519. The number of hydrogen-bond acceptors (Lipinski definition) is 3. The Morgan fingerprint density at radius 3 is 2.81 bits per heavy atom. The summed E-state index contributed by atoms with van der Waals surface area (Å²) in [6, 6.07) is 2.04. The summed E-state index contributed by atoms with van der Waals surface area (Å²) < 4.78 is 0. The van der Waals surface area contributed by atoms with E-state index in [2.05, 4.69) is 9.97 Å². The van der Waals surface area contributed by atoms with Gasteiger partial charge in [0.15, 0.2) is 0 Å². The third kappa shape index (κ3) is 2.51. The number of aromatic nitrogens is 2. The minimum absolute atomic E-state index is 0.174. The van der Waals surface area contributed by atoms with Crippen LogP contribution in [0.5, 0.6) is 0 Å². The van der Waals surface area contributed by atoms with Crippen molar-refractivity contribution < 1.29 is 0 Å². The van der Waals surface area contributed by atoms with Crippen molar-refractivity contribution in [2.24, 2.45) is 5.73 Å². The topological polar surface area (TPSA) is 54.7 Å². The Labute approximate surface area is 99.7 Å². The van der Waals surface area contributed by atoms with Crippen LogP contribution >= 0.6 is 11.3 Å². The first kappa shape index (κ1) is 11.4. The molecule has 0 saturated carbocycles. The van der Waals surface area contributed by atoms with Gasteiger partial charge in [-0.15, -0.1) is 11.3 Å². The second kappa shape index (κ2) is 4.03. The summed E-state index contributed by atoms with van der Waals surface area (Å²) in [5.41, 5.74) is 8.11. The fourth-order valence-electron chi connectivity index (χ4n) is 1.59. The van der Waals surface area contributed by atoms with Crippen LogP contribution in [-0.4, -0.2) is 15.5 Å². The van der Waals surface area contributed by atoms with Crippen LogP contribution < -0.4 is 5.73 Å². The SMILES string of the molecule is Cc1nc(-c2cc[nH]c2)sc1CC(C)(C)N. The van der Waals surface area contributed by atoms with Crippen molar-refractivity contribution in [1.29, 1.82) is 0 Å². The number of rotatable bonds is 3. The number of aryl methyl sites for hydroxylation is 1. The van der Waals surface area contributed by atoms with Gasteiger partial charge in [-0.3, -0.25) is 0 Å². The monoisotopic (exact) mass is 235 g/mol. The highest BCUT2D eigenvalue weighted by Gasteiger charge is 2.17. The first-order chi connectivity index (χ1) is 7.46. The normalized spacial score (nSPS) is 12.0. The van der Waals surface area contributed by atoms with E-state index in [1.165, 1.54) is 4.88 Å². The van der Waals surface area contributed by atoms with E-state index in [0.717, 1.165) is 22.7 Å².